The third kappa shape index (κ3) is 3.56. The molecule has 0 aliphatic carbocycles. The van der Waals surface area contributed by atoms with E-state index in [-0.39, 0.29) is 10.8 Å². The summed E-state index contributed by atoms with van der Waals surface area (Å²) in [4.78, 5) is 38.4. The highest BCUT2D eigenvalue weighted by Crippen LogP contribution is 2.25. The van der Waals surface area contributed by atoms with Crippen LogP contribution in [0.3, 0.4) is 0 Å². The highest BCUT2D eigenvalue weighted by Gasteiger charge is 2.24. The van der Waals surface area contributed by atoms with Crippen molar-refractivity contribution in [2.45, 2.75) is 19.8 Å². The second-order valence-electron chi connectivity index (χ2n) is 5.92. The van der Waals surface area contributed by atoms with Gasteiger partial charge in [-0.1, -0.05) is 12.1 Å². The number of likely N-dealkylation sites (tertiary alicyclic amines) is 1. The van der Waals surface area contributed by atoms with Crippen LogP contribution in [-0.2, 0) is 0 Å². The molecule has 2 N–H and O–H groups in total. The van der Waals surface area contributed by atoms with E-state index in [9.17, 15) is 14.4 Å². The number of thiophene rings is 1. The number of amides is 2. The van der Waals surface area contributed by atoms with Gasteiger partial charge >= 0.3 is 5.97 Å². The van der Waals surface area contributed by atoms with Crippen molar-refractivity contribution in [2.75, 3.05) is 18.4 Å². The van der Waals surface area contributed by atoms with E-state index in [1.165, 1.54) is 12.1 Å². The summed E-state index contributed by atoms with van der Waals surface area (Å²) in [5.74, 6) is -1.56. The predicted molar refractivity (Wildman–Crippen MR) is 95.5 cm³/mol. The molecule has 0 saturated carbocycles. The number of anilines is 1. The minimum Gasteiger partial charge on any atom is -0.477 e. The van der Waals surface area contributed by atoms with E-state index in [2.05, 4.69) is 5.32 Å². The summed E-state index contributed by atoms with van der Waals surface area (Å²) in [6.45, 7) is 3.30. The third-order valence-corrected chi connectivity index (χ3v) is 5.24. The lowest BCUT2D eigenvalue weighted by Crippen LogP contribution is -2.29. The summed E-state index contributed by atoms with van der Waals surface area (Å²) in [7, 11) is 0. The van der Waals surface area contributed by atoms with Crippen LogP contribution in [0.2, 0.25) is 0 Å². The molecule has 0 bridgehead atoms. The third-order valence-electron chi connectivity index (χ3n) is 4.17. The predicted octanol–water partition coefficient (Wildman–Crippen LogP) is 3.24. The number of carbonyl (C=O) groups is 3. The number of aromatic carboxylic acids is 1. The zero-order valence-electron chi connectivity index (χ0n) is 13.7. The monoisotopic (exact) mass is 358 g/mol. The van der Waals surface area contributed by atoms with E-state index in [4.69, 9.17) is 5.11 Å². The van der Waals surface area contributed by atoms with Crippen LogP contribution < -0.4 is 5.32 Å². The number of carbonyl (C=O) groups excluding carboxylic acids is 2. The number of hydrogen-bond acceptors (Lipinski definition) is 4. The average Bonchev–Trinajstić information content (AvgIpc) is 3.26. The first-order valence-corrected chi connectivity index (χ1v) is 8.82. The summed E-state index contributed by atoms with van der Waals surface area (Å²) < 4.78 is 0. The quantitative estimate of drug-likeness (QED) is 0.878. The number of nitrogens with zero attached hydrogens (tertiary/aromatic N) is 1. The van der Waals surface area contributed by atoms with Gasteiger partial charge in [0, 0.05) is 13.1 Å². The van der Waals surface area contributed by atoms with Gasteiger partial charge in [-0.25, -0.2) is 4.79 Å². The van der Waals surface area contributed by atoms with Crippen LogP contribution in [0.15, 0.2) is 30.3 Å². The zero-order valence-corrected chi connectivity index (χ0v) is 14.6. The molecule has 0 spiro atoms. The molecule has 130 valence electrons. The molecular formula is C18H18N2O4S. The molecule has 2 heterocycles. The first kappa shape index (κ1) is 17.2. The Balaban J connectivity index is 1.86. The summed E-state index contributed by atoms with van der Waals surface area (Å²) >= 11 is 0.905. The first-order valence-electron chi connectivity index (χ1n) is 8.00. The smallest absolute Gasteiger partial charge is 0.345 e. The van der Waals surface area contributed by atoms with Crippen molar-refractivity contribution in [3.63, 3.8) is 0 Å². The van der Waals surface area contributed by atoms with Crippen molar-refractivity contribution in [3.8, 4) is 0 Å². The lowest BCUT2D eigenvalue weighted by molar-refractivity contribution is 0.0701. The summed E-state index contributed by atoms with van der Waals surface area (Å²) in [5, 5.41) is 11.7. The number of benzene rings is 1. The Morgan fingerprint density at radius 2 is 1.76 bits per heavy atom. The molecule has 6 nitrogen and oxygen atoms in total. The van der Waals surface area contributed by atoms with Crippen LogP contribution in [0.5, 0.6) is 0 Å². The molecule has 0 unspecified atom stereocenters. The Kier molecular flexibility index (Phi) is 4.85. The largest absolute Gasteiger partial charge is 0.477 e. The number of rotatable bonds is 4. The van der Waals surface area contributed by atoms with E-state index in [0.29, 0.717) is 16.1 Å². The highest BCUT2D eigenvalue weighted by atomic mass is 32.1. The summed E-state index contributed by atoms with van der Waals surface area (Å²) in [5.41, 5.74) is 1.74. The SMILES string of the molecule is Cc1cccc(NC(=O)c2ccc(C(=O)O)s2)c1C(=O)N1CCCC1. The van der Waals surface area contributed by atoms with Gasteiger partial charge in [0.15, 0.2) is 0 Å². The van der Waals surface area contributed by atoms with Gasteiger partial charge in [0.2, 0.25) is 0 Å². The molecule has 0 atom stereocenters. The van der Waals surface area contributed by atoms with Gasteiger partial charge < -0.3 is 15.3 Å². The highest BCUT2D eigenvalue weighted by molar-refractivity contribution is 7.16. The van der Waals surface area contributed by atoms with E-state index in [1.807, 2.05) is 13.0 Å². The lowest BCUT2D eigenvalue weighted by atomic mass is 10.0. The zero-order chi connectivity index (χ0) is 18.0. The topological polar surface area (TPSA) is 86.7 Å². The molecule has 1 aliphatic rings. The number of nitrogens with one attached hydrogen (secondary N) is 1. The molecule has 1 saturated heterocycles. The fourth-order valence-electron chi connectivity index (χ4n) is 2.89. The maximum Gasteiger partial charge on any atom is 0.345 e. The maximum atomic E-state index is 12.8. The molecule has 1 aromatic carbocycles. The van der Waals surface area contributed by atoms with Crippen molar-refractivity contribution in [2.24, 2.45) is 0 Å². The number of carboxylic acid groups (broad SMARTS) is 1. The molecule has 7 heteroatoms. The van der Waals surface area contributed by atoms with Gasteiger partial charge in [0.25, 0.3) is 11.8 Å². The lowest BCUT2D eigenvalue weighted by Gasteiger charge is -2.19. The number of carboxylic acids is 1. The number of aryl methyl sites for hydroxylation is 1. The molecule has 3 rings (SSSR count). The van der Waals surface area contributed by atoms with Gasteiger partial charge in [0.05, 0.1) is 16.1 Å². The second-order valence-corrected chi connectivity index (χ2v) is 7.00. The average molecular weight is 358 g/mol. The standard InChI is InChI=1S/C18H18N2O4S/c1-11-5-4-6-12(15(11)17(22)20-9-2-3-10-20)19-16(21)13-7-8-14(25-13)18(23)24/h4-8H,2-3,9-10H2,1H3,(H,19,21)(H,23,24). The van der Waals surface area contributed by atoms with Gasteiger partial charge in [-0.2, -0.15) is 0 Å². The van der Waals surface area contributed by atoms with Crippen molar-refractivity contribution in [1.82, 2.24) is 4.90 Å². The Morgan fingerprint density at radius 1 is 1.08 bits per heavy atom. The van der Waals surface area contributed by atoms with Crippen LogP contribution in [0, 0.1) is 6.92 Å². The Hall–Kier alpha value is -2.67. The van der Waals surface area contributed by atoms with E-state index < -0.39 is 11.9 Å². The fourth-order valence-corrected chi connectivity index (χ4v) is 3.63. The minimum atomic E-state index is -1.07. The molecule has 1 aliphatic heterocycles. The molecule has 1 fully saturated rings. The van der Waals surface area contributed by atoms with Crippen LogP contribution in [0.4, 0.5) is 5.69 Å². The molecule has 25 heavy (non-hydrogen) atoms. The van der Waals surface area contributed by atoms with Crippen LogP contribution in [0.1, 0.15) is 48.1 Å². The first-order chi connectivity index (χ1) is 12.0. The minimum absolute atomic E-state index is 0.0803. The second kappa shape index (κ2) is 7.06. The molecular weight excluding hydrogens is 340 g/mol. The Morgan fingerprint density at radius 3 is 2.40 bits per heavy atom. The van der Waals surface area contributed by atoms with E-state index in [0.717, 1.165) is 42.8 Å². The normalized spacial score (nSPS) is 13.7. The number of hydrogen-bond donors (Lipinski definition) is 2. The van der Waals surface area contributed by atoms with Crippen LogP contribution in [0.25, 0.3) is 0 Å². The molecule has 2 amide bonds. The summed E-state index contributed by atoms with van der Waals surface area (Å²) in [6.07, 6.45) is 1.99. The molecule has 0 radical (unpaired) electrons. The van der Waals surface area contributed by atoms with Crippen molar-refractivity contribution >= 4 is 34.8 Å². The molecule has 1 aromatic heterocycles. The van der Waals surface area contributed by atoms with E-state index >= 15 is 0 Å². The molecule has 2 aromatic rings. The Labute approximate surface area is 149 Å². The summed E-state index contributed by atoms with van der Waals surface area (Å²) in [6, 6.07) is 8.19. The van der Waals surface area contributed by atoms with Gasteiger partial charge in [-0.05, 0) is 43.5 Å². The van der Waals surface area contributed by atoms with Crippen LogP contribution >= 0.6 is 11.3 Å². The fraction of sp³-hybridized carbons (Fsp3) is 0.278. The van der Waals surface area contributed by atoms with Crippen LogP contribution in [-0.4, -0.2) is 40.9 Å². The Bertz CT molecular complexity index is 837. The van der Waals surface area contributed by atoms with Crippen molar-refractivity contribution < 1.29 is 19.5 Å². The van der Waals surface area contributed by atoms with Gasteiger partial charge in [-0.15, -0.1) is 11.3 Å². The van der Waals surface area contributed by atoms with Crippen molar-refractivity contribution in [1.29, 1.82) is 0 Å². The van der Waals surface area contributed by atoms with Crippen molar-refractivity contribution in [3.05, 3.63) is 51.2 Å². The van der Waals surface area contributed by atoms with Gasteiger partial charge in [0.1, 0.15) is 4.88 Å². The van der Waals surface area contributed by atoms with E-state index in [1.54, 1.807) is 17.0 Å². The van der Waals surface area contributed by atoms with Gasteiger partial charge in [-0.3, -0.25) is 9.59 Å². The maximum absolute atomic E-state index is 12.8.